The van der Waals surface area contributed by atoms with Gasteiger partial charge in [-0.05, 0) is 39.3 Å². The van der Waals surface area contributed by atoms with Crippen molar-refractivity contribution in [3.05, 3.63) is 57.3 Å². The number of hydrogen-bond donors (Lipinski definition) is 3. The smallest absolute Gasteiger partial charge is 0.200 e. The molecule has 0 unspecified atom stereocenters. The van der Waals surface area contributed by atoms with E-state index in [9.17, 15) is 20.1 Å². The highest BCUT2D eigenvalue weighted by atomic mass is 16.5. The first-order chi connectivity index (χ1) is 14.5. The predicted molar refractivity (Wildman–Crippen MR) is 119 cm³/mol. The second-order valence-corrected chi connectivity index (χ2v) is 8.88. The molecule has 1 aliphatic heterocycles. The molecule has 0 aliphatic carbocycles. The maximum absolute atomic E-state index is 13.6. The average molecular weight is 422 g/mol. The SMILES string of the molecule is CC(C)=CCc1c(-c2ccc(O)cc2O)oc2c3c(cc(O)c2c1=O)O[C@@H](C)C3(C)C. The van der Waals surface area contributed by atoms with Gasteiger partial charge in [-0.1, -0.05) is 25.5 Å². The van der Waals surface area contributed by atoms with Crippen LogP contribution in [0.15, 0.2) is 45.1 Å². The van der Waals surface area contributed by atoms with Crippen LogP contribution in [0.1, 0.15) is 45.7 Å². The third-order valence-electron chi connectivity index (χ3n) is 6.11. The lowest BCUT2D eigenvalue weighted by Gasteiger charge is -2.23. The van der Waals surface area contributed by atoms with Crippen molar-refractivity contribution >= 4 is 11.0 Å². The Balaban J connectivity index is 2.15. The van der Waals surface area contributed by atoms with E-state index >= 15 is 0 Å². The lowest BCUT2D eigenvalue weighted by atomic mass is 9.80. The van der Waals surface area contributed by atoms with Gasteiger partial charge in [0.2, 0.25) is 5.43 Å². The predicted octanol–water partition coefficient (Wildman–Crippen LogP) is 5.14. The third-order valence-corrected chi connectivity index (χ3v) is 6.11. The van der Waals surface area contributed by atoms with Gasteiger partial charge in [0.15, 0.2) is 0 Å². The molecule has 3 aromatic rings. The van der Waals surface area contributed by atoms with E-state index in [1.165, 1.54) is 24.3 Å². The lowest BCUT2D eigenvalue weighted by Crippen LogP contribution is -2.29. The molecule has 0 bridgehead atoms. The molecule has 1 aromatic heterocycles. The van der Waals surface area contributed by atoms with E-state index in [4.69, 9.17) is 9.15 Å². The van der Waals surface area contributed by atoms with E-state index < -0.39 is 5.41 Å². The van der Waals surface area contributed by atoms with Crippen molar-refractivity contribution in [3.8, 4) is 34.3 Å². The maximum Gasteiger partial charge on any atom is 0.200 e. The van der Waals surface area contributed by atoms with Gasteiger partial charge in [-0.25, -0.2) is 0 Å². The van der Waals surface area contributed by atoms with E-state index in [1.54, 1.807) is 0 Å². The summed E-state index contributed by atoms with van der Waals surface area (Å²) >= 11 is 0. The van der Waals surface area contributed by atoms with Gasteiger partial charge in [-0.3, -0.25) is 4.79 Å². The highest BCUT2D eigenvalue weighted by molar-refractivity contribution is 5.92. The fraction of sp³-hybridized carbons (Fsp3) is 0.320. The second kappa shape index (κ2) is 7.08. The first-order valence-corrected chi connectivity index (χ1v) is 10.2. The molecule has 3 N–H and O–H groups in total. The van der Waals surface area contributed by atoms with Crippen molar-refractivity contribution in [1.29, 1.82) is 0 Å². The number of hydrogen-bond acceptors (Lipinski definition) is 6. The van der Waals surface area contributed by atoms with Crippen molar-refractivity contribution in [2.24, 2.45) is 0 Å². The quantitative estimate of drug-likeness (QED) is 0.505. The zero-order valence-corrected chi connectivity index (χ0v) is 18.2. The van der Waals surface area contributed by atoms with E-state index in [1.807, 2.05) is 40.7 Å². The van der Waals surface area contributed by atoms with Crippen LogP contribution in [0.4, 0.5) is 0 Å². The van der Waals surface area contributed by atoms with Gasteiger partial charge in [-0.15, -0.1) is 0 Å². The second-order valence-electron chi connectivity index (χ2n) is 8.88. The Hall–Kier alpha value is -3.41. The van der Waals surface area contributed by atoms with Gasteiger partial charge in [0.25, 0.3) is 0 Å². The van der Waals surface area contributed by atoms with E-state index in [-0.39, 0.29) is 57.5 Å². The molecule has 0 saturated heterocycles. The summed E-state index contributed by atoms with van der Waals surface area (Å²) in [4.78, 5) is 13.6. The van der Waals surface area contributed by atoms with Crippen LogP contribution in [-0.2, 0) is 11.8 Å². The Kier molecular flexibility index (Phi) is 4.76. The molecule has 0 saturated carbocycles. The minimum atomic E-state index is -0.465. The Labute approximate surface area is 180 Å². The van der Waals surface area contributed by atoms with Gasteiger partial charge in [-0.2, -0.15) is 0 Å². The van der Waals surface area contributed by atoms with Crippen LogP contribution < -0.4 is 10.2 Å². The first-order valence-electron chi connectivity index (χ1n) is 10.2. The Bertz CT molecular complexity index is 1290. The molecule has 2 aromatic carbocycles. The highest BCUT2D eigenvalue weighted by Crippen LogP contribution is 2.49. The van der Waals surface area contributed by atoms with Crippen LogP contribution in [0.5, 0.6) is 23.0 Å². The largest absolute Gasteiger partial charge is 0.508 e. The van der Waals surface area contributed by atoms with Crippen LogP contribution >= 0.6 is 0 Å². The van der Waals surface area contributed by atoms with E-state index in [0.717, 1.165) is 5.57 Å². The Morgan fingerprint density at radius 1 is 1.13 bits per heavy atom. The summed E-state index contributed by atoms with van der Waals surface area (Å²) in [5, 5.41) is 31.0. The third kappa shape index (κ3) is 3.23. The minimum Gasteiger partial charge on any atom is -0.508 e. The zero-order chi connectivity index (χ0) is 22.7. The van der Waals surface area contributed by atoms with Crippen LogP contribution in [0.25, 0.3) is 22.3 Å². The monoisotopic (exact) mass is 422 g/mol. The topological polar surface area (TPSA) is 100 Å². The molecule has 162 valence electrons. The number of benzene rings is 2. The molecule has 31 heavy (non-hydrogen) atoms. The number of ether oxygens (including phenoxy) is 1. The number of aromatic hydroxyl groups is 3. The van der Waals surface area contributed by atoms with Crippen LogP contribution in [0.3, 0.4) is 0 Å². The van der Waals surface area contributed by atoms with Crippen LogP contribution in [-0.4, -0.2) is 21.4 Å². The summed E-state index contributed by atoms with van der Waals surface area (Å²) in [7, 11) is 0. The summed E-state index contributed by atoms with van der Waals surface area (Å²) in [6.07, 6.45) is 1.97. The number of allylic oxidation sites excluding steroid dienone is 2. The molecule has 0 fully saturated rings. The number of phenolic OH excluding ortho intramolecular Hbond substituents is 3. The van der Waals surface area contributed by atoms with Crippen LogP contribution in [0.2, 0.25) is 0 Å². The average Bonchev–Trinajstić information content (AvgIpc) is 2.88. The van der Waals surface area contributed by atoms with Crippen LogP contribution in [0, 0.1) is 0 Å². The normalized spacial score (nSPS) is 16.7. The van der Waals surface area contributed by atoms with Gasteiger partial charge in [0, 0.05) is 28.7 Å². The summed E-state index contributed by atoms with van der Waals surface area (Å²) < 4.78 is 12.2. The van der Waals surface area contributed by atoms with Gasteiger partial charge < -0.3 is 24.5 Å². The molecule has 6 heteroatoms. The van der Waals surface area contributed by atoms with Gasteiger partial charge in [0.1, 0.15) is 45.8 Å². The summed E-state index contributed by atoms with van der Waals surface area (Å²) in [6, 6.07) is 5.61. The molecular weight excluding hydrogens is 396 g/mol. The lowest BCUT2D eigenvalue weighted by molar-refractivity contribution is 0.185. The van der Waals surface area contributed by atoms with Crippen molar-refractivity contribution < 1.29 is 24.5 Å². The molecule has 2 heterocycles. The highest BCUT2D eigenvalue weighted by Gasteiger charge is 2.42. The summed E-state index contributed by atoms with van der Waals surface area (Å²) in [6.45, 7) is 9.76. The molecular formula is C25H26O6. The maximum atomic E-state index is 13.6. The molecule has 0 radical (unpaired) electrons. The van der Waals surface area contributed by atoms with Crippen molar-refractivity contribution in [2.45, 2.75) is 52.6 Å². The number of phenols is 3. The van der Waals surface area contributed by atoms with Crippen molar-refractivity contribution in [3.63, 3.8) is 0 Å². The number of rotatable bonds is 3. The fourth-order valence-corrected chi connectivity index (χ4v) is 4.03. The van der Waals surface area contributed by atoms with Gasteiger partial charge in [0.05, 0.1) is 5.56 Å². The molecule has 0 amide bonds. The summed E-state index contributed by atoms with van der Waals surface area (Å²) in [5.74, 6) is 0.172. The first kappa shape index (κ1) is 20.8. The van der Waals surface area contributed by atoms with Crippen molar-refractivity contribution in [1.82, 2.24) is 0 Å². The van der Waals surface area contributed by atoms with E-state index in [0.29, 0.717) is 16.9 Å². The van der Waals surface area contributed by atoms with E-state index in [2.05, 4.69) is 0 Å². The Morgan fingerprint density at radius 3 is 2.48 bits per heavy atom. The Morgan fingerprint density at radius 2 is 1.84 bits per heavy atom. The summed E-state index contributed by atoms with van der Waals surface area (Å²) in [5.41, 5.74) is 1.74. The number of fused-ring (bicyclic) bond motifs is 3. The standard InChI is InChI=1S/C25H26O6/c1-12(2)6-8-16-22(29)20-18(28)11-19-21(25(4,5)13(3)30-19)24(20)31-23(16)15-9-7-14(26)10-17(15)27/h6-7,9-11,13,26-28H,8H2,1-5H3/t13-/m0/s1. The zero-order valence-electron chi connectivity index (χ0n) is 18.2. The van der Waals surface area contributed by atoms with Gasteiger partial charge >= 0.3 is 0 Å². The molecule has 0 spiro atoms. The molecule has 1 aliphatic rings. The molecule has 1 atom stereocenters. The fourth-order valence-electron chi connectivity index (χ4n) is 4.03. The van der Waals surface area contributed by atoms with Crippen molar-refractivity contribution in [2.75, 3.05) is 0 Å². The minimum absolute atomic E-state index is 0.0999. The molecule has 4 rings (SSSR count). The molecule has 6 nitrogen and oxygen atoms in total.